The van der Waals surface area contributed by atoms with Crippen LogP contribution in [0.4, 0.5) is 11.4 Å². The molecule has 2 aromatic carbocycles. The van der Waals surface area contributed by atoms with Crippen LogP contribution in [-0.2, 0) is 25.4 Å². The van der Waals surface area contributed by atoms with Gasteiger partial charge in [0.15, 0.2) is 0 Å². The summed E-state index contributed by atoms with van der Waals surface area (Å²) in [5.74, 6) is -0.779. The lowest BCUT2D eigenvalue weighted by Crippen LogP contribution is -2.28. The molecule has 4 N–H and O–H groups in total. The molecule has 0 saturated heterocycles. The molecule has 0 atom stereocenters. The number of esters is 2. The summed E-state index contributed by atoms with van der Waals surface area (Å²) >= 11 is 0. The second-order valence-electron chi connectivity index (χ2n) is 8.51. The first-order valence-electron chi connectivity index (χ1n) is 11.9. The Balaban J connectivity index is 1.41. The maximum Gasteiger partial charge on any atom is 0.338 e. The van der Waals surface area contributed by atoms with Crippen LogP contribution in [0.25, 0.3) is 6.08 Å². The Kier molecular flexibility index (Phi) is 9.52. The average Bonchev–Trinajstić information content (AvgIpc) is 2.84. The molecule has 182 valence electrons. The first kappa shape index (κ1) is 25.3. The molecule has 1 fully saturated rings. The number of hydrogen-bond acceptors (Lipinski definition) is 7. The van der Waals surface area contributed by atoms with Crippen LogP contribution in [0, 0.1) is 0 Å². The maximum atomic E-state index is 12.5. The highest BCUT2D eigenvalue weighted by Gasteiger charge is 2.24. The number of carbonyl (C=O) groups is 2. The molecule has 1 aliphatic rings. The summed E-state index contributed by atoms with van der Waals surface area (Å²) < 4.78 is 16.7. The first-order valence-corrected chi connectivity index (χ1v) is 11.9. The molecule has 1 saturated carbocycles. The minimum Gasteiger partial charge on any atom is -0.462 e. The molecule has 0 unspecified atom stereocenters. The number of hydrogen-bond donors (Lipinski definition) is 2. The number of nitrogens with two attached hydrogens (primary N) is 2. The highest BCUT2D eigenvalue weighted by atomic mass is 16.5. The Morgan fingerprint density at radius 2 is 1.68 bits per heavy atom. The minimum absolute atomic E-state index is 0.0639. The summed E-state index contributed by atoms with van der Waals surface area (Å²) in [7, 11) is 0. The van der Waals surface area contributed by atoms with Crippen molar-refractivity contribution in [2.75, 3.05) is 24.7 Å². The van der Waals surface area contributed by atoms with E-state index in [2.05, 4.69) is 6.92 Å². The third-order valence-electron chi connectivity index (χ3n) is 5.79. The van der Waals surface area contributed by atoms with Gasteiger partial charge >= 0.3 is 11.9 Å². The van der Waals surface area contributed by atoms with Gasteiger partial charge < -0.3 is 25.7 Å². The van der Waals surface area contributed by atoms with Crippen molar-refractivity contribution in [2.45, 2.75) is 57.7 Å². The number of carbonyl (C=O) groups excluding carboxylic acids is 2. The topological polar surface area (TPSA) is 114 Å². The van der Waals surface area contributed by atoms with E-state index in [0.29, 0.717) is 23.4 Å². The zero-order valence-electron chi connectivity index (χ0n) is 19.7. The Morgan fingerprint density at radius 1 is 0.971 bits per heavy atom. The highest BCUT2D eigenvalue weighted by Crippen LogP contribution is 2.24. The molecule has 0 bridgehead atoms. The van der Waals surface area contributed by atoms with Crippen molar-refractivity contribution in [3.05, 3.63) is 65.2 Å². The molecule has 0 radical (unpaired) electrons. The van der Waals surface area contributed by atoms with E-state index in [9.17, 15) is 9.59 Å². The fraction of sp³-hybridized carbons (Fsp3) is 0.407. The number of rotatable bonds is 10. The molecule has 2 aromatic rings. The van der Waals surface area contributed by atoms with Crippen LogP contribution in [0.5, 0.6) is 0 Å². The normalized spacial score (nSPS) is 18.0. The number of nitrogen functional groups attached to an aromatic ring is 2. The van der Waals surface area contributed by atoms with Gasteiger partial charge in [-0.1, -0.05) is 19.1 Å². The molecule has 34 heavy (non-hydrogen) atoms. The number of benzene rings is 2. The Bertz CT molecular complexity index is 979. The monoisotopic (exact) mass is 466 g/mol. The third kappa shape index (κ3) is 7.92. The molecule has 1 aliphatic carbocycles. The maximum absolute atomic E-state index is 12.5. The Labute approximate surface area is 201 Å². The van der Waals surface area contributed by atoms with Crippen molar-refractivity contribution >= 4 is 29.4 Å². The van der Waals surface area contributed by atoms with Crippen LogP contribution < -0.4 is 11.5 Å². The summed E-state index contributed by atoms with van der Waals surface area (Å²) in [6.45, 7) is 3.08. The predicted octanol–water partition coefficient (Wildman–Crippen LogP) is 4.54. The molecule has 0 aromatic heterocycles. The van der Waals surface area contributed by atoms with Crippen molar-refractivity contribution in [2.24, 2.45) is 0 Å². The van der Waals surface area contributed by atoms with Gasteiger partial charge in [-0.15, -0.1) is 0 Å². The summed E-state index contributed by atoms with van der Waals surface area (Å²) in [4.78, 5) is 24.4. The van der Waals surface area contributed by atoms with Crippen molar-refractivity contribution in [1.29, 1.82) is 0 Å². The van der Waals surface area contributed by atoms with Crippen LogP contribution in [0.3, 0.4) is 0 Å². The summed E-state index contributed by atoms with van der Waals surface area (Å²) in [6.07, 6.45) is 8.21. The fourth-order valence-corrected chi connectivity index (χ4v) is 3.87. The first-order chi connectivity index (χ1) is 16.4. The number of ether oxygens (including phenoxy) is 3. The standard InChI is InChI=1S/C27H34N2O5/c1-2-16-32-23-9-11-24(12-10-23)34-27(31)20-6-3-19(4-7-20)5-14-26(30)33-17-15-21-18-22(28)8-13-25(21)29/h3-8,13-14,18,23-24H,2,9-12,15-17,28-29H2,1H3. The third-order valence-corrected chi connectivity index (χ3v) is 5.79. The van der Waals surface area contributed by atoms with E-state index in [1.807, 2.05) is 0 Å². The SMILES string of the molecule is CCCOC1CCC(OC(=O)c2ccc(C=CC(=O)OCCc3cc(N)ccc3N)cc2)CC1. The van der Waals surface area contributed by atoms with E-state index in [1.165, 1.54) is 6.08 Å². The van der Waals surface area contributed by atoms with E-state index in [1.54, 1.807) is 48.5 Å². The van der Waals surface area contributed by atoms with Gasteiger partial charge in [0.2, 0.25) is 0 Å². The molecule has 7 heteroatoms. The van der Waals surface area contributed by atoms with E-state index in [4.69, 9.17) is 25.7 Å². The van der Waals surface area contributed by atoms with E-state index >= 15 is 0 Å². The Hall–Kier alpha value is -3.32. The van der Waals surface area contributed by atoms with Crippen molar-refractivity contribution in [1.82, 2.24) is 0 Å². The lowest BCUT2D eigenvalue weighted by molar-refractivity contribution is -0.137. The van der Waals surface area contributed by atoms with E-state index in [0.717, 1.165) is 49.8 Å². The molecule has 7 nitrogen and oxygen atoms in total. The van der Waals surface area contributed by atoms with Crippen molar-refractivity contribution in [3.8, 4) is 0 Å². The van der Waals surface area contributed by atoms with E-state index < -0.39 is 5.97 Å². The highest BCUT2D eigenvalue weighted by molar-refractivity contribution is 5.90. The molecule has 0 aliphatic heterocycles. The van der Waals surface area contributed by atoms with Crippen LogP contribution in [0.15, 0.2) is 48.5 Å². The predicted molar refractivity (Wildman–Crippen MR) is 133 cm³/mol. The quantitative estimate of drug-likeness (QED) is 0.300. The van der Waals surface area contributed by atoms with Crippen LogP contribution in [0.2, 0.25) is 0 Å². The van der Waals surface area contributed by atoms with Crippen molar-refractivity contribution in [3.63, 3.8) is 0 Å². The van der Waals surface area contributed by atoms with Gasteiger partial charge in [0, 0.05) is 30.5 Å². The average molecular weight is 467 g/mol. The molecular formula is C27H34N2O5. The molecule has 0 spiro atoms. The second kappa shape index (κ2) is 12.8. The lowest BCUT2D eigenvalue weighted by atomic mass is 9.95. The lowest BCUT2D eigenvalue weighted by Gasteiger charge is -2.28. The van der Waals surface area contributed by atoms with Gasteiger partial charge in [-0.3, -0.25) is 0 Å². The minimum atomic E-state index is -0.454. The van der Waals surface area contributed by atoms with Crippen molar-refractivity contribution < 1.29 is 23.8 Å². The van der Waals surface area contributed by atoms with Gasteiger partial charge in [-0.2, -0.15) is 0 Å². The number of anilines is 2. The fourth-order valence-electron chi connectivity index (χ4n) is 3.87. The largest absolute Gasteiger partial charge is 0.462 e. The molecular weight excluding hydrogens is 432 g/mol. The molecule has 0 amide bonds. The zero-order valence-corrected chi connectivity index (χ0v) is 19.7. The second-order valence-corrected chi connectivity index (χ2v) is 8.51. The van der Waals surface area contributed by atoms with Gasteiger partial charge in [-0.05, 0) is 79.6 Å². The van der Waals surface area contributed by atoms with Gasteiger partial charge in [0.25, 0.3) is 0 Å². The smallest absolute Gasteiger partial charge is 0.338 e. The Morgan fingerprint density at radius 3 is 2.38 bits per heavy atom. The van der Waals surface area contributed by atoms with Crippen LogP contribution in [0.1, 0.15) is 60.5 Å². The van der Waals surface area contributed by atoms with E-state index in [-0.39, 0.29) is 24.8 Å². The van der Waals surface area contributed by atoms with Gasteiger partial charge in [0.05, 0.1) is 18.3 Å². The zero-order chi connectivity index (χ0) is 24.3. The summed E-state index contributed by atoms with van der Waals surface area (Å²) in [5, 5.41) is 0. The van der Waals surface area contributed by atoms with Gasteiger partial charge in [-0.25, -0.2) is 9.59 Å². The molecule has 3 rings (SSSR count). The van der Waals surface area contributed by atoms with Crippen LogP contribution >= 0.6 is 0 Å². The van der Waals surface area contributed by atoms with Crippen LogP contribution in [-0.4, -0.2) is 37.4 Å². The molecule has 0 heterocycles. The summed E-state index contributed by atoms with van der Waals surface area (Å²) in [6, 6.07) is 12.2. The summed E-state index contributed by atoms with van der Waals surface area (Å²) in [5.41, 5.74) is 15.0. The van der Waals surface area contributed by atoms with Gasteiger partial charge in [0.1, 0.15) is 6.10 Å².